The van der Waals surface area contributed by atoms with Crippen LogP contribution < -0.4 is 0 Å². The Morgan fingerprint density at radius 3 is 2.41 bits per heavy atom. The number of nitrogens with zero attached hydrogens (tertiary/aromatic N) is 1. The summed E-state index contributed by atoms with van der Waals surface area (Å²) in [6.07, 6.45) is 13.9. The van der Waals surface area contributed by atoms with Crippen molar-refractivity contribution in [3.63, 3.8) is 0 Å². The van der Waals surface area contributed by atoms with Crippen molar-refractivity contribution in [3.05, 3.63) is 21.9 Å². The number of carbonyl (C=O) groups excluding carboxylic acids is 1. The van der Waals surface area contributed by atoms with E-state index in [1.54, 1.807) is 0 Å². The second-order valence-electron chi connectivity index (χ2n) is 5.50. The van der Waals surface area contributed by atoms with Crippen molar-refractivity contribution in [1.29, 1.82) is 0 Å². The number of unbranched alkanes of at least 4 members (excludes halogenated alkanes) is 9. The summed E-state index contributed by atoms with van der Waals surface area (Å²) >= 11 is 0. The Bertz CT molecular complexity index is 391. The maximum Gasteiger partial charge on any atom is 0.254 e. The first-order valence-electron chi connectivity index (χ1n) is 8.47. The second kappa shape index (κ2) is 15.8. The number of hydrogen-bond acceptors (Lipinski definition) is 3. The summed E-state index contributed by atoms with van der Waals surface area (Å²) in [5.41, 5.74) is 0.234. The van der Waals surface area contributed by atoms with Gasteiger partial charge in [-0.1, -0.05) is 57.3 Å². The average Bonchev–Trinajstić information content (AvgIpc) is 2.50. The normalized spacial score (nSPS) is 10.9. The van der Waals surface area contributed by atoms with Gasteiger partial charge in [0.1, 0.15) is 6.29 Å². The summed E-state index contributed by atoms with van der Waals surface area (Å²) in [5.74, 6) is 5.81. The molecule has 0 heterocycles. The lowest BCUT2D eigenvalue weighted by atomic mass is 10.1. The van der Waals surface area contributed by atoms with Crippen molar-refractivity contribution in [1.82, 2.24) is 0 Å². The van der Waals surface area contributed by atoms with E-state index in [-0.39, 0.29) is 10.6 Å². The van der Waals surface area contributed by atoms with E-state index < -0.39 is 0 Å². The lowest BCUT2D eigenvalue weighted by Crippen LogP contribution is -1.98. The van der Waals surface area contributed by atoms with E-state index in [1.165, 1.54) is 6.08 Å². The maximum absolute atomic E-state index is 10.9. The van der Waals surface area contributed by atoms with Crippen LogP contribution in [-0.2, 0) is 4.79 Å². The van der Waals surface area contributed by atoms with Crippen molar-refractivity contribution in [2.45, 2.75) is 84.0 Å². The molecule has 4 nitrogen and oxygen atoms in total. The first-order chi connectivity index (χ1) is 10.7. The predicted molar refractivity (Wildman–Crippen MR) is 90.0 cm³/mol. The highest BCUT2D eigenvalue weighted by Crippen LogP contribution is 2.10. The van der Waals surface area contributed by atoms with E-state index in [9.17, 15) is 14.9 Å². The Kier molecular flexibility index (Phi) is 14.6. The standard InChI is InChI=1S/C18H29NO3/c1-2-3-4-12-15-18(19(21)22)16-13-10-8-6-5-7-9-11-14-17-20/h16-17H,2-9,11-12,14-15H2,1H3/b18-16-. The van der Waals surface area contributed by atoms with E-state index >= 15 is 0 Å². The van der Waals surface area contributed by atoms with Gasteiger partial charge in [-0.15, -0.1) is 0 Å². The average molecular weight is 307 g/mol. The minimum absolute atomic E-state index is 0.234. The third-order valence-electron chi connectivity index (χ3n) is 3.49. The van der Waals surface area contributed by atoms with E-state index in [2.05, 4.69) is 18.8 Å². The minimum Gasteiger partial charge on any atom is -0.303 e. The Labute approximate surface area is 134 Å². The van der Waals surface area contributed by atoms with Gasteiger partial charge in [0.25, 0.3) is 5.70 Å². The highest BCUT2D eigenvalue weighted by molar-refractivity contribution is 5.48. The van der Waals surface area contributed by atoms with Gasteiger partial charge in [-0.2, -0.15) is 0 Å². The van der Waals surface area contributed by atoms with Crippen LogP contribution in [0, 0.1) is 22.0 Å². The van der Waals surface area contributed by atoms with Crippen LogP contribution in [-0.4, -0.2) is 11.2 Å². The molecule has 0 unspecified atom stereocenters. The summed E-state index contributed by atoms with van der Waals surface area (Å²) in [4.78, 5) is 20.7. The van der Waals surface area contributed by atoms with Gasteiger partial charge in [0.15, 0.2) is 0 Å². The van der Waals surface area contributed by atoms with Crippen molar-refractivity contribution >= 4 is 6.29 Å². The molecule has 0 aliphatic rings. The first kappa shape index (κ1) is 20.4. The molecule has 0 amide bonds. The number of allylic oxidation sites excluding steroid dienone is 2. The third-order valence-corrected chi connectivity index (χ3v) is 3.49. The van der Waals surface area contributed by atoms with Gasteiger partial charge in [-0.3, -0.25) is 10.1 Å². The molecular formula is C18H29NO3. The fourth-order valence-electron chi connectivity index (χ4n) is 2.13. The van der Waals surface area contributed by atoms with E-state index in [4.69, 9.17) is 0 Å². The Morgan fingerprint density at radius 2 is 1.73 bits per heavy atom. The first-order valence-corrected chi connectivity index (χ1v) is 8.47. The van der Waals surface area contributed by atoms with Crippen molar-refractivity contribution in [2.24, 2.45) is 0 Å². The molecule has 22 heavy (non-hydrogen) atoms. The molecule has 0 saturated carbocycles. The maximum atomic E-state index is 10.9. The molecule has 0 aliphatic carbocycles. The molecule has 0 N–H and O–H groups in total. The molecule has 0 aromatic carbocycles. The summed E-state index contributed by atoms with van der Waals surface area (Å²) in [5, 5.41) is 10.9. The number of aldehydes is 1. The third kappa shape index (κ3) is 13.4. The summed E-state index contributed by atoms with van der Waals surface area (Å²) in [6.45, 7) is 2.12. The lowest BCUT2D eigenvalue weighted by Gasteiger charge is -1.97. The molecule has 0 aliphatic heterocycles. The highest BCUT2D eigenvalue weighted by atomic mass is 16.6. The zero-order chi connectivity index (χ0) is 16.5. The SMILES string of the molecule is CCCCCC/C(=C/C#CCCCCCCCC=O)[N+](=O)[O-]. The molecule has 0 rings (SSSR count). The van der Waals surface area contributed by atoms with Crippen LogP contribution in [0.5, 0.6) is 0 Å². The summed E-state index contributed by atoms with van der Waals surface area (Å²) < 4.78 is 0. The fraction of sp³-hybridized carbons (Fsp3) is 0.722. The molecule has 0 saturated heterocycles. The van der Waals surface area contributed by atoms with Crippen LogP contribution >= 0.6 is 0 Å². The zero-order valence-corrected chi connectivity index (χ0v) is 13.8. The van der Waals surface area contributed by atoms with Crippen molar-refractivity contribution < 1.29 is 9.72 Å². The quantitative estimate of drug-likeness (QED) is 0.157. The number of hydrogen-bond donors (Lipinski definition) is 0. The minimum atomic E-state index is -0.312. The molecule has 124 valence electrons. The van der Waals surface area contributed by atoms with Crippen LogP contribution in [0.2, 0.25) is 0 Å². The summed E-state index contributed by atoms with van der Waals surface area (Å²) in [6, 6.07) is 0. The largest absolute Gasteiger partial charge is 0.303 e. The molecule has 0 atom stereocenters. The van der Waals surface area contributed by atoms with Crippen LogP contribution in [0.3, 0.4) is 0 Å². The summed E-state index contributed by atoms with van der Waals surface area (Å²) in [7, 11) is 0. The molecule has 0 aromatic rings. The van der Waals surface area contributed by atoms with E-state index in [0.29, 0.717) is 12.8 Å². The molecule has 0 aromatic heterocycles. The molecule has 4 heteroatoms. The van der Waals surface area contributed by atoms with Gasteiger partial charge in [0, 0.05) is 19.3 Å². The Morgan fingerprint density at radius 1 is 1.05 bits per heavy atom. The number of carbonyl (C=O) groups is 1. The topological polar surface area (TPSA) is 60.2 Å². The molecule has 0 bridgehead atoms. The molecule has 0 spiro atoms. The van der Waals surface area contributed by atoms with Crippen LogP contribution in [0.25, 0.3) is 0 Å². The van der Waals surface area contributed by atoms with Crippen LogP contribution in [0.1, 0.15) is 84.0 Å². The van der Waals surface area contributed by atoms with Crippen molar-refractivity contribution in [2.75, 3.05) is 0 Å². The Balaban J connectivity index is 3.83. The van der Waals surface area contributed by atoms with Gasteiger partial charge in [-0.25, -0.2) is 0 Å². The molecule has 0 fully saturated rings. The predicted octanol–water partition coefficient (Wildman–Crippen LogP) is 5.05. The molecular weight excluding hydrogens is 278 g/mol. The van der Waals surface area contributed by atoms with Gasteiger partial charge in [0.05, 0.1) is 11.0 Å². The molecule has 0 radical (unpaired) electrons. The van der Waals surface area contributed by atoms with E-state index in [1.807, 2.05) is 0 Å². The zero-order valence-electron chi connectivity index (χ0n) is 13.8. The van der Waals surface area contributed by atoms with Crippen molar-refractivity contribution in [3.8, 4) is 11.8 Å². The van der Waals surface area contributed by atoms with Gasteiger partial charge >= 0.3 is 0 Å². The van der Waals surface area contributed by atoms with Crippen LogP contribution in [0.4, 0.5) is 0 Å². The van der Waals surface area contributed by atoms with Gasteiger partial charge < -0.3 is 4.79 Å². The smallest absolute Gasteiger partial charge is 0.254 e. The van der Waals surface area contributed by atoms with E-state index in [0.717, 1.165) is 70.5 Å². The fourth-order valence-corrected chi connectivity index (χ4v) is 2.13. The Hall–Kier alpha value is -1.63. The number of rotatable bonds is 13. The monoisotopic (exact) mass is 307 g/mol. The number of nitro groups is 1. The lowest BCUT2D eigenvalue weighted by molar-refractivity contribution is -0.428. The van der Waals surface area contributed by atoms with Crippen LogP contribution in [0.15, 0.2) is 11.8 Å². The van der Waals surface area contributed by atoms with Gasteiger partial charge in [0.2, 0.25) is 0 Å². The van der Waals surface area contributed by atoms with Gasteiger partial charge in [-0.05, 0) is 19.3 Å². The highest BCUT2D eigenvalue weighted by Gasteiger charge is 2.08. The second-order valence-corrected chi connectivity index (χ2v) is 5.50.